The first-order valence-corrected chi connectivity index (χ1v) is 8.88. The van der Waals surface area contributed by atoms with Gasteiger partial charge in [-0.15, -0.1) is 0 Å². The van der Waals surface area contributed by atoms with Crippen LogP contribution in [0.5, 0.6) is 5.75 Å². The Morgan fingerprint density at radius 2 is 1.76 bits per heavy atom. The first-order chi connectivity index (χ1) is 10.0. The third kappa shape index (κ3) is 3.96. The fraction of sp³-hybridized carbons (Fsp3) is 0.188. The van der Waals surface area contributed by atoms with Gasteiger partial charge < -0.3 is 4.74 Å². The first-order valence-electron chi connectivity index (χ1n) is 6.25. The van der Waals surface area contributed by atoms with Crippen LogP contribution in [0, 0.1) is 0 Å². The van der Waals surface area contributed by atoms with E-state index in [0.29, 0.717) is 5.56 Å². The van der Waals surface area contributed by atoms with Crippen LogP contribution < -0.4 is 4.74 Å². The Morgan fingerprint density at radius 1 is 1.10 bits per heavy atom. The molecule has 0 aliphatic carbocycles. The smallest absolute Gasteiger partial charge is 0.177 e. The number of methoxy groups -OCH3 is 1. The molecule has 0 saturated heterocycles. The molecule has 0 radical (unpaired) electrons. The number of ketones is 1. The highest BCUT2D eigenvalue weighted by Crippen LogP contribution is 2.36. The zero-order valence-electron chi connectivity index (χ0n) is 11.2. The molecular weight excluding hydrogens is 464 g/mol. The third-order valence-electron chi connectivity index (χ3n) is 3.06. The summed E-state index contributed by atoms with van der Waals surface area (Å²) in [5.74, 6) is 0.809. The van der Waals surface area contributed by atoms with Gasteiger partial charge in [0, 0.05) is 5.56 Å². The van der Waals surface area contributed by atoms with Gasteiger partial charge in [0.15, 0.2) is 5.78 Å². The quantitative estimate of drug-likeness (QED) is 0.418. The zero-order valence-corrected chi connectivity index (χ0v) is 16.0. The Labute approximate surface area is 149 Å². The average Bonchev–Trinajstić information content (AvgIpc) is 2.53. The molecule has 0 aromatic heterocycles. The van der Waals surface area contributed by atoms with Crippen LogP contribution in [0.3, 0.4) is 0 Å². The predicted octanol–water partition coefficient (Wildman–Crippen LogP) is 5.54. The second-order valence-corrected chi connectivity index (χ2v) is 7.26. The fourth-order valence-electron chi connectivity index (χ4n) is 1.92. The van der Waals surface area contributed by atoms with Crippen molar-refractivity contribution in [3.63, 3.8) is 0 Å². The Balaban J connectivity index is 2.21. The molecule has 0 spiro atoms. The van der Waals surface area contributed by atoms with Crippen molar-refractivity contribution in [3.8, 4) is 5.75 Å². The summed E-state index contributed by atoms with van der Waals surface area (Å²) >= 11 is 10.6. The van der Waals surface area contributed by atoms with Gasteiger partial charge in [-0.25, -0.2) is 0 Å². The molecule has 0 bridgehead atoms. The third-order valence-corrected chi connectivity index (χ3v) is 6.39. The minimum absolute atomic E-state index is 0.0458. The second kappa shape index (κ2) is 7.56. The number of halogens is 3. The van der Waals surface area contributed by atoms with Crippen LogP contribution in [0.1, 0.15) is 20.7 Å². The Morgan fingerprint density at radius 3 is 2.33 bits per heavy atom. The second-order valence-electron chi connectivity index (χ2n) is 4.43. The zero-order chi connectivity index (χ0) is 15.4. The molecule has 2 atom stereocenters. The summed E-state index contributed by atoms with van der Waals surface area (Å²) in [5, 5.41) is 0. The van der Waals surface area contributed by atoms with Crippen molar-refractivity contribution in [2.75, 3.05) is 7.11 Å². The number of rotatable bonds is 5. The fourth-order valence-corrected chi connectivity index (χ4v) is 3.57. The standard InChI is InChI=1S/C16H13Br3O2/c1-21-13-8-7-11(9-12(13)17)14(18)15(19)16(20)10-5-3-2-4-6-10/h2-9,14-15H,1H3. The lowest BCUT2D eigenvalue weighted by Gasteiger charge is -2.17. The van der Waals surface area contributed by atoms with Crippen LogP contribution in [0.15, 0.2) is 53.0 Å². The molecule has 0 N–H and O–H groups in total. The van der Waals surface area contributed by atoms with E-state index in [-0.39, 0.29) is 15.4 Å². The number of hydrogen-bond acceptors (Lipinski definition) is 2. The van der Waals surface area contributed by atoms with E-state index in [0.717, 1.165) is 15.8 Å². The van der Waals surface area contributed by atoms with Crippen LogP contribution >= 0.6 is 47.8 Å². The SMILES string of the molecule is COc1ccc(C(Br)C(Br)C(=O)c2ccccc2)cc1Br. The van der Waals surface area contributed by atoms with E-state index in [2.05, 4.69) is 47.8 Å². The lowest BCUT2D eigenvalue weighted by Crippen LogP contribution is -2.19. The van der Waals surface area contributed by atoms with Crippen molar-refractivity contribution in [1.82, 2.24) is 0 Å². The van der Waals surface area contributed by atoms with E-state index in [1.165, 1.54) is 0 Å². The molecule has 0 heterocycles. The van der Waals surface area contributed by atoms with Gasteiger partial charge >= 0.3 is 0 Å². The van der Waals surface area contributed by atoms with Gasteiger partial charge in [0.1, 0.15) is 5.75 Å². The molecule has 2 unspecified atom stereocenters. The number of alkyl halides is 2. The van der Waals surface area contributed by atoms with E-state index in [1.54, 1.807) is 7.11 Å². The minimum Gasteiger partial charge on any atom is -0.496 e. The van der Waals surface area contributed by atoms with Crippen molar-refractivity contribution >= 4 is 53.6 Å². The van der Waals surface area contributed by atoms with E-state index in [9.17, 15) is 4.79 Å². The van der Waals surface area contributed by atoms with Gasteiger partial charge in [-0.2, -0.15) is 0 Å². The molecule has 0 aliphatic heterocycles. The average molecular weight is 477 g/mol. The van der Waals surface area contributed by atoms with Crippen LogP contribution in [0.4, 0.5) is 0 Å². The summed E-state index contributed by atoms with van der Waals surface area (Å²) in [6.07, 6.45) is 0. The topological polar surface area (TPSA) is 26.3 Å². The first kappa shape index (κ1) is 16.7. The lowest BCUT2D eigenvalue weighted by molar-refractivity contribution is 0.0991. The summed E-state index contributed by atoms with van der Waals surface area (Å²) in [7, 11) is 1.62. The highest BCUT2D eigenvalue weighted by Gasteiger charge is 2.26. The highest BCUT2D eigenvalue weighted by molar-refractivity contribution is 9.12. The van der Waals surface area contributed by atoms with Gasteiger partial charge in [0.05, 0.1) is 21.2 Å². The number of benzene rings is 2. The molecule has 21 heavy (non-hydrogen) atoms. The molecule has 2 aromatic rings. The summed E-state index contributed by atoms with van der Waals surface area (Å²) in [5.41, 5.74) is 1.69. The summed E-state index contributed by atoms with van der Waals surface area (Å²) in [6.45, 7) is 0. The molecule has 0 aliphatic rings. The number of ether oxygens (including phenoxy) is 1. The maximum Gasteiger partial charge on any atom is 0.177 e. The van der Waals surface area contributed by atoms with Crippen molar-refractivity contribution in [2.24, 2.45) is 0 Å². The monoisotopic (exact) mass is 474 g/mol. The maximum absolute atomic E-state index is 12.5. The van der Waals surface area contributed by atoms with E-state index in [1.807, 2.05) is 48.5 Å². The van der Waals surface area contributed by atoms with Crippen LogP contribution in [-0.4, -0.2) is 17.7 Å². The molecule has 0 fully saturated rings. The van der Waals surface area contributed by atoms with Gasteiger partial charge in [-0.05, 0) is 33.6 Å². The van der Waals surface area contributed by atoms with Crippen LogP contribution in [-0.2, 0) is 0 Å². The van der Waals surface area contributed by atoms with Crippen molar-refractivity contribution in [1.29, 1.82) is 0 Å². The van der Waals surface area contributed by atoms with E-state index >= 15 is 0 Å². The Kier molecular flexibility index (Phi) is 6.02. The van der Waals surface area contributed by atoms with Gasteiger partial charge in [-0.1, -0.05) is 68.3 Å². The Hall–Kier alpha value is -0.650. The van der Waals surface area contributed by atoms with Gasteiger partial charge in [-0.3, -0.25) is 4.79 Å². The molecule has 2 rings (SSSR count). The van der Waals surface area contributed by atoms with E-state index < -0.39 is 0 Å². The summed E-state index contributed by atoms with van der Waals surface area (Å²) in [6, 6.07) is 15.0. The predicted molar refractivity (Wildman–Crippen MR) is 95.8 cm³/mol. The van der Waals surface area contributed by atoms with Crippen molar-refractivity contribution in [2.45, 2.75) is 9.65 Å². The molecule has 110 valence electrons. The number of hydrogen-bond donors (Lipinski definition) is 0. The molecular formula is C16H13Br3O2. The van der Waals surface area contributed by atoms with Crippen molar-refractivity contribution < 1.29 is 9.53 Å². The summed E-state index contributed by atoms with van der Waals surface area (Å²) in [4.78, 5) is 12.0. The maximum atomic E-state index is 12.5. The van der Waals surface area contributed by atoms with Gasteiger partial charge in [0.25, 0.3) is 0 Å². The van der Waals surface area contributed by atoms with Gasteiger partial charge in [0.2, 0.25) is 0 Å². The lowest BCUT2D eigenvalue weighted by atomic mass is 10.0. The van der Waals surface area contributed by atoms with Crippen LogP contribution in [0.2, 0.25) is 0 Å². The molecule has 2 nitrogen and oxygen atoms in total. The van der Waals surface area contributed by atoms with E-state index in [4.69, 9.17) is 4.74 Å². The number of carbonyl (C=O) groups excluding carboxylic acids is 1. The highest BCUT2D eigenvalue weighted by atomic mass is 79.9. The van der Waals surface area contributed by atoms with Crippen molar-refractivity contribution in [3.05, 3.63) is 64.1 Å². The number of Topliss-reactive ketones (excluding diaryl/α,β-unsaturated/α-hetero) is 1. The Bertz CT molecular complexity index is 629. The van der Waals surface area contributed by atoms with Crippen LogP contribution in [0.25, 0.3) is 0 Å². The largest absolute Gasteiger partial charge is 0.496 e. The number of carbonyl (C=O) groups is 1. The normalized spacial score (nSPS) is 13.5. The molecule has 2 aromatic carbocycles. The minimum atomic E-state index is -0.347. The summed E-state index contributed by atoms with van der Waals surface area (Å²) < 4.78 is 6.08. The molecule has 0 saturated carbocycles. The molecule has 5 heteroatoms. The molecule has 0 amide bonds.